The van der Waals surface area contributed by atoms with Gasteiger partial charge in [-0.3, -0.25) is 4.90 Å². The van der Waals surface area contributed by atoms with E-state index < -0.39 is 16.1 Å². The average Bonchev–Trinajstić information content (AvgIpc) is 3.59. The summed E-state index contributed by atoms with van der Waals surface area (Å²) in [6.07, 6.45) is 1.35. The van der Waals surface area contributed by atoms with Crippen LogP contribution in [0.1, 0.15) is 17.5 Å². The van der Waals surface area contributed by atoms with Gasteiger partial charge in [-0.15, -0.1) is 0 Å². The standard InChI is InChI=1S/C38H47NO2Si2/c1-42(2,32-21-13-7-14-22-32)29-34-38(43(3,4)33-23-15-8-16-24-33)37(41-28-31-19-11-6-12-20-31)36-35(25-26-39(34)36)40-27-30-17-9-5-10-18-30/h5-24,34-38H,25-29H2,1-4H3/t34-,35+,36+,37-,38-/m1/s1. The Balaban J connectivity index is 1.38. The zero-order chi connectivity index (χ0) is 29.9. The highest BCUT2D eigenvalue weighted by atomic mass is 28.3. The minimum Gasteiger partial charge on any atom is -0.372 e. The number of hydrogen-bond donors (Lipinski definition) is 0. The second kappa shape index (κ2) is 13.0. The molecule has 5 atom stereocenters. The molecule has 43 heavy (non-hydrogen) atoms. The maximum Gasteiger partial charge on any atom is 0.0880 e. The first-order valence-electron chi connectivity index (χ1n) is 16.0. The molecule has 0 unspecified atom stereocenters. The summed E-state index contributed by atoms with van der Waals surface area (Å²) >= 11 is 0. The fourth-order valence-corrected chi connectivity index (χ4v) is 14.8. The summed E-state index contributed by atoms with van der Waals surface area (Å²) in [7, 11) is -3.75. The molecule has 224 valence electrons. The number of nitrogens with zero attached hydrogens (tertiary/aromatic N) is 1. The molecule has 2 aliphatic heterocycles. The lowest BCUT2D eigenvalue weighted by molar-refractivity contribution is -0.0417. The Morgan fingerprint density at radius 2 is 1.12 bits per heavy atom. The van der Waals surface area contributed by atoms with Crippen LogP contribution in [0, 0.1) is 0 Å². The van der Waals surface area contributed by atoms with Crippen molar-refractivity contribution in [2.45, 2.75) is 81.7 Å². The van der Waals surface area contributed by atoms with Gasteiger partial charge in [-0.1, -0.05) is 158 Å². The summed E-state index contributed by atoms with van der Waals surface area (Å²) in [6.45, 7) is 12.7. The highest BCUT2D eigenvalue weighted by Gasteiger charge is 2.60. The summed E-state index contributed by atoms with van der Waals surface area (Å²) in [6, 6.07) is 46.0. The van der Waals surface area contributed by atoms with Crippen molar-refractivity contribution in [1.82, 2.24) is 4.90 Å². The van der Waals surface area contributed by atoms with Crippen LogP contribution in [-0.2, 0) is 22.7 Å². The summed E-state index contributed by atoms with van der Waals surface area (Å²) in [4.78, 5) is 2.85. The van der Waals surface area contributed by atoms with Gasteiger partial charge in [-0.25, -0.2) is 0 Å². The molecular formula is C38H47NO2Si2. The fourth-order valence-electron chi connectivity index (χ4n) is 7.89. The Bertz CT molecular complexity index is 1430. The van der Waals surface area contributed by atoms with Gasteiger partial charge in [0.1, 0.15) is 0 Å². The van der Waals surface area contributed by atoms with Gasteiger partial charge in [0.2, 0.25) is 0 Å². The number of hydrogen-bond acceptors (Lipinski definition) is 3. The molecule has 6 rings (SSSR count). The Morgan fingerprint density at radius 3 is 1.67 bits per heavy atom. The molecule has 5 heteroatoms. The molecule has 4 aromatic rings. The van der Waals surface area contributed by atoms with Crippen molar-refractivity contribution in [3.05, 3.63) is 132 Å². The third kappa shape index (κ3) is 6.52. The molecule has 0 N–H and O–H groups in total. The molecule has 3 nitrogen and oxygen atoms in total. The normalized spacial score (nSPS) is 24.2. The molecular weight excluding hydrogens is 559 g/mol. The average molecular weight is 606 g/mol. The van der Waals surface area contributed by atoms with Crippen LogP contribution in [0.2, 0.25) is 37.8 Å². The molecule has 0 amide bonds. The van der Waals surface area contributed by atoms with Crippen LogP contribution in [0.25, 0.3) is 0 Å². The Labute approximate surface area is 260 Å². The molecule has 0 aromatic heterocycles. The first-order valence-corrected chi connectivity index (χ1v) is 22.3. The van der Waals surface area contributed by atoms with E-state index in [4.69, 9.17) is 9.47 Å². The second-order valence-electron chi connectivity index (χ2n) is 13.7. The number of rotatable bonds is 11. The van der Waals surface area contributed by atoms with Crippen molar-refractivity contribution in [2.24, 2.45) is 0 Å². The van der Waals surface area contributed by atoms with Crippen molar-refractivity contribution in [1.29, 1.82) is 0 Å². The quantitative estimate of drug-likeness (QED) is 0.169. The molecule has 2 saturated heterocycles. The van der Waals surface area contributed by atoms with Crippen molar-refractivity contribution >= 4 is 26.5 Å². The monoisotopic (exact) mass is 605 g/mol. The topological polar surface area (TPSA) is 21.7 Å². The summed E-state index contributed by atoms with van der Waals surface area (Å²) in [5.74, 6) is 0. The zero-order valence-corrected chi connectivity index (χ0v) is 28.2. The molecule has 0 saturated carbocycles. The minimum atomic E-state index is -1.99. The van der Waals surface area contributed by atoms with Gasteiger partial charge >= 0.3 is 0 Å². The third-order valence-electron chi connectivity index (χ3n) is 10.2. The van der Waals surface area contributed by atoms with Gasteiger partial charge in [-0.05, 0) is 23.6 Å². The number of fused-ring (bicyclic) bond motifs is 1. The molecule has 4 aromatic carbocycles. The Morgan fingerprint density at radius 1 is 0.628 bits per heavy atom. The minimum absolute atomic E-state index is 0.121. The zero-order valence-electron chi connectivity index (χ0n) is 26.2. The van der Waals surface area contributed by atoms with E-state index in [1.165, 1.54) is 22.4 Å². The number of benzene rings is 4. The fraction of sp³-hybridized carbons (Fsp3) is 0.368. The summed E-state index contributed by atoms with van der Waals surface area (Å²) in [5.41, 5.74) is 2.95. The lowest BCUT2D eigenvalue weighted by Crippen LogP contribution is -2.56. The van der Waals surface area contributed by atoms with Crippen LogP contribution < -0.4 is 10.4 Å². The van der Waals surface area contributed by atoms with Crippen LogP contribution in [0.5, 0.6) is 0 Å². The van der Waals surface area contributed by atoms with Crippen molar-refractivity contribution < 1.29 is 9.47 Å². The Kier molecular flexibility index (Phi) is 9.17. The van der Waals surface area contributed by atoms with Gasteiger partial charge in [0.25, 0.3) is 0 Å². The third-order valence-corrected chi connectivity index (χ3v) is 17.7. The first-order chi connectivity index (χ1) is 20.8. The van der Waals surface area contributed by atoms with Gasteiger partial charge < -0.3 is 9.47 Å². The van der Waals surface area contributed by atoms with E-state index in [1.807, 2.05) is 0 Å². The SMILES string of the molecule is C[Si](C)(C[C@@H]1[C@@H]([Si](C)(C)c2ccccc2)[C@H](OCc2ccccc2)[C@@H]2[C@@H](OCc3ccccc3)CCN21)c1ccccc1. The maximum atomic E-state index is 7.18. The van der Waals surface area contributed by atoms with Gasteiger partial charge in [0.15, 0.2) is 0 Å². The van der Waals surface area contributed by atoms with E-state index in [1.54, 1.807) is 5.19 Å². The highest BCUT2D eigenvalue weighted by Crippen LogP contribution is 2.50. The molecule has 0 aliphatic carbocycles. The van der Waals surface area contributed by atoms with Crippen molar-refractivity contribution in [3.63, 3.8) is 0 Å². The molecule has 2 fully saturated rings. The smallest absolute Gasteiger partial charge is 0.0880 e. The van der Waals surface area contributed by atoms with Gasteiger partial charge in [0, 0.05) is 18.1 Å². The van der Waals surface area contributed by atoms with E-state index in [0.29, 0.717) is 24.8 Å². The molecule has 2 heterocycles. The first kappa shape index (κ1) is 30.2. The van der Waals surface area contributed by atoms with Crippen LogP contribution in [0.4, 0.5) is 0 Å². The number of ether oxygens (including phenoxy) is 2. The largest absolute Gasteiger partial charge is 0.372 e. The van der Waals surface area contributed by atoms with Crippen LogP contribution in [0.15, 0.2) is 121 Å². The van der Waals surface area contributed by atoms with E-state index in [9.17, 15) is 0 Å². The van der Waals surface area contributed by atoms with E-state index in [0.717, 1.165) is 13.0 Å². The van der Waals surface area contributed by atoms with Crippen LogP contribution in [0.3, 0.4) is 0 Å². The molecule has 2 aliphatic rings. The van der Waals surface area contributed by atoms with E-state index in [-0.39, 0.29) is 18.2 Å². The van der Waals surface area contributed by atoms with E-state index in [2.05, 4.69) is 152 Å². The highest BCUT2D eigenvalue weighted by molar-refractivity contribution is 6.92. The van der Waals surface area contributed by atoms with Gasteiger partial charge in [-0.2, -0.15) is 0 Å². The second-order valence-corrected chi connectivity index (χ2v) is 23.2. The predicted molar refractivity (Wildman–Crippen MR) is 185 cm³/mol. The molecule has 0 spiro atoms. The van der Waals surface area contributed by atoms with Crippen LogP contribution in [-0.4, -0.2) is 51.9 Å². The lowest BCUT2D eigenvalue weighted by atomic mass is 10.0. The predicted octanol–water partition coefficient (Wildman–Crippen LogP) is 7.22. The van der Waals surface area contributed by atoms with E-state index >= 15 is 0 Å². The van der Waals surface area contributed by atoms with Gasteiger partial charge in [0.05, 0.1) is 47.6 Å². The molecule has 0 bridgehead atoms. The van der Waals surface area contributed by atoms with Crippen LogP contribution >= 0.6 is 0 Å². The summed E-state index contributed by atoms with van der Waals surface area (Å²) in [5, 5.41) is 3.08. The molecule has 0 radical (unpaired) electrons. The lowest BCUT2D eigenvalue weighted by Gasteiger charge is -2.41. The van der Waals surface area contributed by atoms with Crippen molar-refractivity contribution in [2.75, 3.05) is 6.54 Å². The van der Waals surface area contributed by atoms with Crippen molar-refractivity contribution in [3.8, 4) is 0 Å². The maximum absolute atomic E-state index is 7.18. The Hall–Kier alpha value is -2.81. The summed E-state index contributed by atoms with van der Waals surface area (Å²) < 4.78 is 14.0.